The maximum absolute atomic E-state index is 12.2. The van der Waals surface area contributed by atoms with Crippen LogP contribution in [0.1, 0.15) is 37.0 Å². The maximum Gasteiger partial charge on any atom is 0.253 e. The molecule has 0 saturated heterocycles. The number of amides is 1. The molecule has 0 spiro atoms. The second-order valence-corrected chi connectivity index (χ2v) is 5.44. The number of carbonyl (C=O) groups excluding carboxylic acids is 1. The molecule has 2 nitrogen and oxygen atoms in total. The van der Waals surface area contributed by atoms with Gasteiger partial charge in [0.05, 0.1) is 5.02 Å². The van der Waals surface area contributed by atoms with E-state index >= 15 is 0 Å². The van der Waals surface area contributed by atoms with E-state index in [1.165, 1.54) is 0 Å². The van der Waals surface area contributed by atoms with Crippen LogP contribution in [0.3, 0.4) is 0 Å². The van der Waals surface area contributed by atoms with Crippen molar-refractivity contribution in [3.63, 3.8) is 0 Å². The third-order valence-corrected chi connectivity index (χ3v) is 4.16. The van der Waals surface area contributed by atoms with Crippen LogP contribution in [-0.2, 0) is 0 Å². The summed E-state index contributed by atoms with van der Waals surface area (Å²) in [4.78, 5) is 14.1. The van der Waals surface area contributed by atoms with Crippen molar-refractivity contribution in [3.8, 4) is 0 Å². The minimum Gasteiger partial charge on any atom is -0.339 e. The Morgan fingerprint density at radius 3 is 2.65 bits per heavy atom. The molecule has 0 radical (unpaired) electrons. The summed E-state index contributed by atoms with van der Waals surface area (Å²) in [6, 6.07) is 5.42. The number of carbonyl (C=O) groups is 1. The fourth-order valence-electron chi connectivity index (χ4n) is 1.56. The molecule has 0 bridgehead atoms. The molecule has 94 valence electrons. The van der Waals surface area contributed by atoms with Gasteiger partial charge in [-0.2, -0.15) is 0 Å². The molecule has 0 fully saturated rings. The molecule has 1 aromatic rings. The molecule has 0 N–H and O–H groups in total. The Kier molecular flexibility index (Phi) is 6.27. The third kappa shape index (κ3) is 4.14. The van der Waals surface area contributed by atoms with Crippen molar-refractivity contribution in [2.75, 3.05) is 13.1 Å². The highest BCUT2D eigenvalue weighted by molar-refractivity contribution is 14.1. The summed E-state index contributed by atoms with van der Waals surface area (Å²) in [5, 5.41) is 0.693. The normalized spacial score (nSPS) is 10.4. The van der Waals surface area contributed by atoms with E-state index in [9.17, 15) is 4.79 Å². The van der Waals surface area contributed by atoms with Gasteiger partial charge in [-0.25, -0.2) is 0 Å². The van der Waals surface area contributed by atoms with Crippen LogP contribution in [0.25, 0.3) is 0 Å². The number of nitrogens with zero attached hydrogens (tertiary/aromatic N) is 1. The Labute approximate surface area is 121 Å². The van der Waals surface area contributed by atoms with Crippen molar-refractivity contribution >= 4 is 40.1 Å². The van der Waals surface area contributed by atoms with Crippen molar-refractivity contribution in [1.29, 1.82) is 0 Å². The Balaban J connectivity index is 2.82. The van der Waals surface area contributed by atoms with Gasteiger partial charge in [-0.15, -0.1) is 0 Å². The number of unbranched alkanes of at least 4 members (excludes halogenated alkanes) is 1. The Hall–Kier alpha value is -0.290. The lowest BCUT2D eigenvalue weighted by molar-refractivity contribution is 0.0762. The second-order valence-electron chi connectivity index (χ2n) is 3.87. The lowest BCUT2D eigenvalue weighted by Crippen LogP contribution is -2.31. The zero-order valence-electron chi connectivity index (χ0n) is 10.2. The van der Waals surface area contributed by atoms with E-state index in [4.69, 9.17) is 11.6 Å². The van der Waals surface area contributed by atoms with Crippen LogP contribution < -0.4 is 0 Å². The van der Waals surface area contributed by atoms with E-state index in [0.29, 0.717) is 5.02 Å². The van der Waals surface area contributed by atoms with Crippen LogP contribution in [0.5, 0.6) is 0 Å². The topological polar surface area (TPSA) is 20.3 Å². The summed E-state index contributed by atoms with van der Waals surface area (Å²) in [6.45, 7) is 5.71. The van der Waals surface area contributed by atoms with Gasteiger partial charge in [-0.05, 0) is 54.1 Å². The van der Waals surface area contributed by atoms with Gasteiger partial charge in [0.25, 0.3) is 5.91 Å². The van der Waals surface area contributed by atoms with Gasteiger partial charge in [-0.1, -0.05) is 24.9 Å². The van der Waals surface area contributed by atoms with Gasteiger partial charge >= 0.3 is 0 Å². The molecule has 1 aromatic carbocycles. The van der Waals surface area contributed by atoms with E-state index in [1.807, 2.05) is 17.9 Å². The fourth-order valence-corrected chi connectivity index (χ4v) is 2.20. The van der Waals surface area contributed by atoms with Crippen molar-refractivity contribution < 1.29 is 4.79 Å². The summed E-state index contributed by atoms with van der Waals surface area (Å²) in [7, 11) is 0. The highest BCUT2D eigenvalue weighted by Gasteiger charge is 2.14. The molecule has 0 aliphatic heterocycles. The maximum atomic E-state index is 12.2. The molecule has 0 aromatic heterocycles. The largest absolute Gasteiger partial charge is 0.339 e. The van der Waals surface area contributed by atoms with Crippen LogP contribution in [0, 0.1) is 3.57 Å². The Morgan fingerprint density at radius 1 is 1.41 bits per heavy atom. The first-order chi connectivity index (χ1) is 8.10. The van der Waals surface area contributed by atoms with Gasteiger partial charge in [0.2, 0.25) is 0 Å². The minimum absolute atomic E-state index is 0.0931. The van der Waals surface area contributed by atoms with Crippen LogP contribution in [0.15, 0.2) is 18.2 Å². The number of rotatable bonds is 5. The molecule has 1 amide bonds. The quantitative estimate of drug-likeness (QED) is 0.716. The lowest BCUT2D eigenvalue weighted by Gasteiger charge is -2.20. The fraction of sp³-hybridized carbons (Fsp3) is 0.462. The Morgan fingerprint density at radius 2 is 2.12 bits per heavy atom. The Bertz CT molecular complexity index is 395. The molecule has 0 unspecified atom stereocenters. The minimum atomic E-state index is 0.0931. The zero-order chi connectivity index (χ0) is 12.8. The van der Waals surface area contributed by atoms with Gasteiger partial charge in [0.15, 0.2) is 0 Å². The van der Waals surface area contributed by atoms with Crippen LogP contribution in [0.4, 0.5) is 0 Å². The predicted octanol–water partition coefficient (Wildman–Crippen LogP) is 4.21. The van der Waals surface area contributed by atoms with Crippen molar-refractivity contribution in [2.24, 2.45) is 0 Å². The van der Waals surface area contributed by atoms with Gasteiger partial charge in [-0.3, -0.25) is 4.79 Å². The van der Waals surface area contributed by atoms with Crippen molar-refractivity contribution in [3.05, 3.63) is 32.4 Å². The summed E-state index contributed by atoms with van der Waals surface area (Å²) in [5.41, 5.74) is 0.719. The molecular weight excluding hydrogens is 349 g/mol. The summed E-state index contributed by atoms with van der Waals surface area (Å²) in [5.74, 6) is 0.0931. The number of hydrogen-bond donors (Lipinski definition) is 0. The highest BCUT2D eigenvalue weighted by Crippen LogP contribution is 2.20. The highest BCUT2D eigenvalue weighted by atomic mass is 127. The zero-order valence-corrected chi connectivity index (χ0v) is 13.1. The van der Waals surface area contributed by atoms with Gasteiger partial charge < -0.3 is 4.90 Å². The standard InChI is InChI=1S/C13H17ClINO/c1-3-5-8-16(4-2)13(17)10-6-7-11(14)12(15)9-10/h6-7,9H,3-5,8H2,1-2H3. The lowest BCUT2D eigenvalue weighted by atomic mass is 10.2. The van der Waals surface area contributed by atoms with Crippen LogP contribution in [-0.4, -0.2) is 23.9 Å². The third-order valence-electron chi connectivity index (χ3n) is 2.62. The van der Waals surface area contributed by atoms with E-state index in [1.54, 1.807) is 12.1 Å². The average molecular weight is 366 g/mol. The van der Waals surface area contributed by atoms with Crippen LogP contribution in [0.2, 0.25) is 5.02 Å². The molecular formula is C13H17ClINO. The summed E-state index contributed by atoms with van der Waals surface area (Å²) in [6.07, 6.45) is 2.15. The second kappa shape index (κ2) is 7.21. The van der Waals surface area contributed by atoms with E-state index < -0.39 is 0 Å². The van der Waals surface area contributed by atoms with Gasteiger partial charge in [0, 0.05) is 22.2 Å². The molecule has 0 heterocycles. The first-order valence-electron chi connectivity index (χ1n) is 5.84. The number of benzene rings is 1. The first kappa shape index (κ1) is 14.8. The van der Waals surface area contributed by atoms with E-state index in [-0.39, 0.29) is 5.91 Å². The SMILES string of the molecule is CCCCN(CC)C(=O)c1ccc(Cl)c(I)c1. The smallest absolute Gasteiger partial charge is 0.253 e. The van der Waals surface area contributed by atoms with E-state index in [0.717, 1.165) is 35.1 Å². The molecule has 0 atom stereocenters. The average Bonchev–Trinajstić information content (AvgIpc) is 2.33. The monoisotopic (exact) mass is 365 g/mol. The molecule has 0 saturated carbocycles. The van der Waals surface area contributed by atoms with Gasteiger partial charge in [0.1, 0.15) is 0 Å². The number of hydrogen-bond acceptors (Lipinski definition) is 1. The summed E-state index contributed by atoms with van der Waals surface area (Å²) >= 11 is 8.09. The molecule has 17 heavy (non-hydrogen) atoms. The van der Waals surface area contributed by atoms with E-state index in [2.05, 4.69) is 29.5 Å². The first-order valence-corrected chi connectivity index (χ1v) is 7.30. The predicted molar refractivity (Wildman–Crippen MR) is 80.7 cm³/mol. The van der Waals surface area contributed by atoms with Crippen molar-refractivity contribution in [1.82, 2.24) is 4.90 Å². The molecule has 0 aliphatic carbocycles. The van der Waals surface area contributed by atoms with Crippen LogP contribution >= 0.6 is 34.2 Å². The molecule has 4 heteroatoms. The summed E-state index contributed by atoms with van der Waals surface area (Å²) < 4.78 is 0.918. The molecule has 1 rings (SSSR count). The number of halogens is 2. The van der Waals surface area contributed by atoms with Crippen molar-refractivity contribution in [2.45, 2.75) is 26.7 Å². The molecule has 0 aliphatic rings.